The van der Waals surface area contributed by atoms with Gasteiger partial charge < -0.3 is 30.1 Å². The summed E-state index contributed by atoms with van der Waals surface area (Å²) >= 11 is 0. The lowest BCUT2D eigenvalue weighted by Gasteiger charge is -2.35. The van der Waals surface area contributed by atoms with Crippen LogP contribution in [-0.4, -0.2) is 52.7 Å². The molecule has 1 fully saturated rings. The molecule has 3 aromatic carbocycles. The first-order valence-electron chi connectivity index (χ1n) is 14.0. The fourth-order valence-electron chi connectivity index (χ4n) is 4.87. The molecule has 1 saturated carbocycles. The molecular weight excluding hydrogens is 534 g/mol. The van der Waals surface area contributed by atoms with Crippen LogP contribution in [0.4, 0.5) is 10.5 Å². The van der Waals surface area contributed by atoms with Gasteiger partial charge in [-0.05, 0) is 80.6 Å². The third kappa shape index (κ3) is 8.02. The number of amides is 3. The van der Waals surface area contributed by atoms with Crippen LogP contribution in [0.1, 0.15) is 51.3 Å². The molecule has 3 amide bonds. The molecule has 222 valence electrons. The van der Waals surface area contributed by atoms with E-state index in [2.05, 4.69) is 10.6 Å². The number of rotatable bonds is 10. The molecule has 42 heavy (non-hydrogen) atoms. The average Bonchev–Trinajstić information content (AvgIpc) is 3.66. The maximum Gasteiger partial charge on any atom is 0.408 e. The lowest BCUT2D eigenvalue weighted by atomic mass is 9.99. The highest BCUT2D eigenvalue weighted by Gasteiger charge is 2.48. The average molecular weight is 574 g/mol. The summed E-state index contributed by atoms with van der Waals surface area (Å²) in [6, 6.07) is 20.2. The number of nitrogens with one attached hydrogen (secondary N) is 2. The highest BCUT2D eigenvalue weighted by Crippen LogP contribution is 2.41. The molecule has 0 saturated heterocycles. The third-order valence-corrected chi connectivity index (χ3v) is 7.02. The van der Waals surface area contributed by atoms with Crippen LogP contribution in [0, 0.1) is 5.92 Å². The number of ether oxygens (including phenoxy) is 2. The van der Waals surface area contributed by atoms with Crippen molar-refractivity contribution < 1.29 is 29.0 Å². The van der Waals surface area contributed by atoms with Crippen LogP contribution in [0.5, 0.6) is 11.5 Å². The SMILES string of the molecule is COc1ccc(NC(=O)C(c2cccc(O)c2)N(C(=O)C(Cc2ccccc2)NC(=O)OC(C)(C)C)C2CC2C)cc1. The number of hydrogen-bond donors (Lipinski definition) is 3. The molecule has 0 bridgehead atoms. The summed E-state index contributed by atoms with van der Waals surface area (Å²) < 4.78 is 10.7. The molecule has 3 aromatic rings. The number of hydrogen-bond acceptors (Lipinski definition) is 6. The van der Waals surface area contributed by atoms with Crippen molar-refractivity contribution in [3.63, 3.8) is 0 Å². The maximum absolute atomic E-state index is 14.5. The van der Waals surface area contributed by atoms with E-state index in [9.17, 15) is 19.5 Å². The van der Waals surface area contributed by atoms with Gasteiger partial charge in [-0.3, -0.25) is 9.59 Å². The van der Waals surface area contributed by atoms with Crippen molar-refractivity contribution in [2.24, 2.45) is 5.92 Å². The zero-order valence-electron chi connectivity index (χ0n) is 24.7. The zero-order valence-corrected chi connectivity index (χ0v) is 24.7. The number of methoxy groups -OCH3 is 1. The summed E-state index contributed by atoms with van der Waals surface area (Å²) in [6.45, 7) is 7.26. The van der Waals surface area contributed by atoms with Crippen molar-refractivity contribution in [1.82, 2.24) is 10.2 Å². The van der Waals surface area contributed by atoms with E-state index in [4.69, 9.17) is 9.47 Å². The Morgan fingerprint density at radius 3 is 2.24 bits per heavy atom. The van der Waals surface area contributed by atoms with Gasteiger partial charge >= 0.3 is 6.09 Å². The highest BCUT2D eigenvalue weighted by molar-refractivity contribution is 5.99. The first-order chi connectivity index (χ1) is 19.9. The fourth-order valence-corrected chi connectivity index (χ4v) is 4.87. The Morgan fingerprint density at radius 1 is 1.00 bits per heavy atom. The summed E-state index contributed by atoms with van der Waals surface area (Å²) in [4.78, 5) is 43.0. The number of carbonyl (C=O) groups excluding carboxylic acids is 3. The molecule has 1 aliphatic carbocycles. The highest BCUT2D eigenvalue weighted by atomic mass is 16.6. The van der Waals surface area contributed by atoms with Gasteiger partial charge in [0.2, 0.25) is 5.91 Å². The van der Waals surface area contributed by atoms with Gasteiger partial charge in [0, 0.05) is 18.2 Å². The van der Waals surface area contributed by atoms with Gasteiger partial charge in [0.25, 0.3) is 5.91 Å². The number of carbonyl (C=O) groups is 3. The number of phenolic OH excluding ortho intramolecular Hbond substituents is 1. The van der Waals surface area contributed by atoms with Crippen LogP contribution in [0.3, 0.4) is 0 Å². The van der Waals surface area contributed by atoms with E-state index in [-0.39, 0.29) is 24.1 Å². The second-order valence-electron chi connectivity index (χ2n) is 11.6. The van der Waals surface area contributed by atoms with E-state index >= 15 is 0 Å². The molecule has 9 nitrogen and oxygen atoms in total. The Labute approximate surface area is 246 Å². The summed E-state index contributed by atoms with van der Waals surface area (Å²) in [5, 5.41) is 16.0. The molecule has 9 heteroatoms. The molecule has 0 aromatic heterocycles. The molecule has 0 aliphatic heterocycles. The molecule has 4 atom stereocenters. The van der Waals surface area contributed by atoms with Gasteiger partial charge in [0.15, 0.2) is 0 Å². The minimum absolute atomic E-state index is 0.0290. The Bertz CT molecular complexity index is 1390. The molecule has 0 spiro atoms. The normalized spacial score (nSPS) is 17.4. The first kappa shape index (κ1) is 30.4. The predicted molar refractivity (Wildman–Crippen MR) is 160 cm³/mol. The summed E-state index contributed by atoms with van der Waals surface area (Å²) in [5.41, 5.74) is 1.05. The lowest BCUT2D eigenvalue weighted by molar-refractivity contribution is -0.141. The van der Waals surface area contributed by atoms with Crippen LogP contribution in [-0.2, 0) is 20.7 Å². The van der Waals surface area contributed by atoms with Gasteiger partial charge in [0.1, 0.15) is 29.2 Å². The number of phenols is 1. The fraction of sp³-hybridized carbons (Fsp3) is 0.364. The Kier molecular flexibility index (Phi) is 9.40. The minimum atomic E-state index is -1.08. The number of benzene rings is 3. The number of nitrogens with zero attached hydrogens (tertiary/aromatic N) is 1. The van der Waals surface area contributed by atoms with Crippen LogP contribution in [0.15, 0.2) is 78.9 Å². The van der Waals surface area contributed by atoms with Crippen LogP contribution in [0.25, 0.3) is 0 Å². The third-order valence-electron chi connectivity index (χ3n) is 7.02. The molecule has 0 radical (unpaired) electrons. The Hall–Kier alpha value is -4.53. The van der Waals surface area contributed by atoms with Crippen LogP contribution < -0.4 is 15.4 Å². The van der Waals surface area contributed by atoms with Crippen LogP contribution in [0.2, 0.25) is 0 Å². The largest absolute Gasteiger partial charge is 0.508 e. The quantitative estimate of drug-likeness (QED) is 0.297. The van der Waals surface area contributed by atoms with Gasteiger partial charge in [0.05, 0.1) is 7.11 Å². The summed E-state index contributed by atoms with van der Waals surface area (Å²) in [5.74, 6) is -0.121. The number of aromatic hydroxyl groups is 1. The molecule has 1 aliphatic rings. The van der Waals surface area contributed by atoms with Crippen molar-refractivity contribution in [3.05, 3.63) is 90.0 Å². The molecular formula is C33H39N3O6. The zero-order chi connectivity index (χ0) is 30.4. The van der Waals surface area contributed by atoms with Gasteiger partial charge in [-0.2, -0.15) is 0 Å². The standard InChI is InChI=1S/C33H39N3O6/c1-21-18-28(21)36(31(39)27(19-22-10-7-6-8-11-22)35-32(40)42-33(2,3)4)29(23-12-9-13-25(37)20-23)30(38)34-24-14-16-26(41-5)17-15-24/h6-17,20-21,27-29,37H,18-19H2,1-5H3,(H,34,38)(H,35,40). The summed E-state index contributed by atoms with van der Waals surface area (Å²) in [6.07, 6.45) is 0.169. The van der Waals surface area contributed by atoms with Crippen molar-refractivity contribution in [2.45, 2.75) is 64.3 Å². The van der Waals surface area contributed by atoms with Crippen molar-refractivity contribution >= 4 is 23.6 Å². The topological polar surface area (TPSA) is 117 Å². The van der Waals surface area contributed by atoms with E-state index in [0.29, 0.717) is 23.4 Å². The number of alkyl carbamates (subject to hydrolysis) is 1. The minimum Gasteiger partial charge on any atom is -0.508 e. The van der Waals surface area contributed by atoms with E-state index in [1.165, 1.54) is 12.1 Å². The molecule has 4 unspecified atom stereocenters. The number of anilines is 1. The second-order valence-corrected chi connectivity index (χ2v) is 11.6. The molecule has 4 rings (SSSR count). The molecule has 3 N–H and O–H groups in total. The smallest absolute Gasteiger partial charge is 0.408 e. The van der Waals surface area contributed by atoms with Crippen molar-refractivity contribution in [3.8, 4) is 11.5 Å². The lowest BCUT2D eigenvalue weighted by Crippen LogP contribution is -2.54. The van der Waals surface area contributed by atoms with E-state index in [1.54, 1.807) is 69.2 Å². The van der Waals surface area contributed by atoms with Crippen molar-refractivity contribution in [1.29, 1.82) is 0 Å². The van der Waals surface area contributed by atoms with Gasteiger partial charge in [-0.25, -0.2) is 4.79 Å². The monoisotopic (exact) mass is 573 g/mol. The molecule has 0 heterocycles. The second kappa shape index (κ2) is 13.0. The van der Waals surface area contributed by atoms with E-state index in [1.807, 2.05) is 37.3 Å². The first-order valence-corrected chi connectivity index (χ1v) is 14.0. The Balaban J connectivity index is 1.73. The maximum atomic E-state index is 14.5. The summed E-state index contributed by atoms with van der Waals surface area (Å²) in [7, 11) is 1.56. The van der Waals surface area contributed by atoms with Crippen LogP contribution >= 0.6 is 0 Å². The Morgan fingerprint density at radius 2 is 1.67 bits per heavy atom. The van der Waals surface area contributed by atoms with Crippen molar-refractivity contribution in [2.75, 3.05) is 12.4 Å². The van der Waals surface area contributed by atoms with E-state index in [0.717, 1.165) is 5.56 Å². The van der Waals surface area contributed by atoms with Gasteiger partial charge in [-0.1, -0.05) is 49.4 Å². The van der Waals surface area contributed by atoms with Gasteiger partial charge in [-0.15, -0.1) is 0 Å². The van der Waals surface area contributed by atoms with E-state index < -0.39 is 35.6 Å². The predicted octanol–water partition coefficient (Wildman–Crippen LogP) is 5.45.